The number of nitrogens with zero attached hydrogens (tertiary/aromatic N) is 1. The summed E-state index contributed by atoms with van der Waals surface area (Å²) in [5.41, 5.74) is 0.643. The van der Waals surface area contributed by atoms with Crippen LogP contribution in [-0.2, 0) is 9.53 Å². The molecule has 24 heavy (non-hydrogen) atoms. The summed E-state index contributed by atoms with van der Waals surface area (Å²) in [5, 5.41) is 10.3. The smallest absolute Gasteiger partial charge is 0.325 e. The van der Waals surface area contributed by atoms with Crippen molar-refractivity contribution in [2.45, 2.75) is 31.1 Å². The zero-order valence-corrected chi connectivity index (χ0v) is 16.3. The number of piperidine rings is 1. The first-order valence-electron chi connectivity index (χ1n) is 8.10. The van der Waals surface area contributed by atoms with Crippen molar-refractivity contribution in [3.05, 3.63) is 46.7 Å². The quantitative estimate of drug-likeness (QED) is 0.548. The zero-order valence-electron chi connectivity index (χ0n) is 13.9. The van der Waals surface area contributed by atoms with E-state index in [-0.39, 0.29) is 5.92 Å². The highest BCUT2D eigenvalue weighted by Crippen LogP contribution is 2.34. The van der Waals surface area contributed by atoms with Crippen molar-refractivity contribution < 1.29 is 14.6 Å². The Kier molecular flexibility index (Phi) is 7.14. The highest BCUT2D eigenvalue weighted by molar-refractivity contribution is 9.09. The zero-order chi connectivity index (χ0) is 17.7. The van der Waals surface area contributed by atoms with Gasteiger partial charge in [0.2, 0.25) is 0 Å². The molecule has 4 nitrogen and oxygen atoms in total. The lowest BCUT2D eigenvalue weighted by Crippen LogP contribution is -2.44. The number of ether oxygens (including phenoxy) is 1. The molecule has 2 rings (SSSR count). The first-order valence-corrected chi connectivity index (χ1v) is 9.40. The maximum atomic E-state index is 11.9. The molecule has 1 aromatic rings. The lowest BCUT2D eigenvalue weighted by molar-refractivity contribution is -0.144. The maximum absolute atomic E-state index is 11.9. The third kappa shape index (κ3) is 4.74. The van der Waals surface area contributed by atoms with E-state index >= 15 is 0 Å². The van der Waals surface area contributed by atoms with E-state index in [4.69, 9.17) is 16.3 Å². The number of likely N-dealkylation sites (tertiary alicyclic amines) is 1. The Morgan fingerprint density at radius 2 is 2.25 bits per heavy atom. The van der Waals surface area contributed by atoms with E-state index in [1.165, 1.54) is 0 Å². The Bertz CT molecular complexity index is 608. The van der Waals surface area contributed by atoms with E-state index in [0.717, 1.165) is 12.2 Å². The highest BCUT2D eigenvalue weighted by atomic mass is 79.9. The summed E-state index contributed by atoms with van der Waals surface area (Å²) < 4.78 is 5.52. The van der Waals surface area contributed by atoms with E-state index in [2.05, 4.69) is 22.0 Å². The topological polar surface area (TPSA) is 49.8 Å². The molecule has 1 saturated heterocycles. The number of alkyl halides is 1. The van der Waals surface area contributed by atoms with Gasteiger partial charge >= 0.3 is 5.97 Å². The van der Waals surface area contributed by atoms with Gasteiger partial charge in [-0.05, 0) is 38.0 Å². The van der Waals surface area contributed by atoms with Crippen LogP contribution >= 0.6 is 27.5 Å². The molecule has 0 radical (unpaired) electrons. The van der Waals surface area contributed by atoms with Crippen molar-refractivity contribution in [3.63, 3.8) is 0 Å². The summed E-state index contributed by atoms with van der Waals surface area (Å²) >= 11 is 9.96. The summed E-state index contributed by atoms with van der Waals surface area (Å²) in [6.45, 7) is 5.86. The molecule has 3 unspecified atom stereocenters. The van der Waals surface area contributed by atoms with Gasteiger partial charge in [0.25, 0.3) is 0 Å². The molecule has 0 aromatic heterocycles. The van der Waals surface area contributed by atoms with Gasteiger partial charge in [-0.1, -0.05) is 45.7 Å². The number of rotatable bonds is 6. The molecule has 1 heterocycles. The van der Waals surface area contributed by atoms with Crippen LogP contribution in [0, 0.1) is 5.92 Å². The third-order valence-electron chi connectivity index (χ3n) is 4.22. The van der Waals surface area contributed by atoms with Crippen LogP contribution in [0.4, 0.5) is 0 Å². The normalized spacial score (nSPS) is 23.8. The first kappa shape index (κ1) is 19.3. The van der Waals surface area contributed by atoms with Gasteiger partial charge in [0.1, 0.15) is 6.04 Å². The van der Waals surface area contributed by atoms with Gasteiger partial charge in [0.15, 0.2) is 0 Å². The predicted molar refractivity (Wildman–Crippen MR) is 99.6 cm³/mol. The van der Waals surface area contributed by atoms with E-state index < -0.39 is 12.0 Å². The van der Waals surface area contributed by atoms with Crippen LogP contribution in [-0.4, -0.2) is 40.5 Å². The summed E-state index contributed by atoms with van der Waals surface area (Å²) in [5.74, 6) is 0.188. The largest absolute Gasteiger partial charge is 0.499 e. The van der Waals surface area contributed by atoms with E-state index in [1.807, 2.05) is 30.9 Å². The number of halogens is 2. The minimum absolute atomic E-state index is 0.189. The second-order valence-corrected chi connectivity index (χ2v) is 7.52. The highest BCUT2D eigenvalue weighted by Gasteiger charge is 2.35. The number of hydrogen-bond acceptors (Lipinski definition) is 3. The van der Waals surface area contributed by atoms with Crippen LogP contribution in [0.3, 0.4) is 0 Å². The Labute approximate surface area is 156 Å². The van der Waals surface area contributed by atoms with Gasteiger partial charge < -0.3 is 9.84 Å². The molecule has 1 N–H and O–H groups in total. The van der Waals surface area contributed by atoms with Crippen molar-refractivity contribution in [2.24, 2.45) is 5.92 Å². The van der Waals surface area contributed by atoms with Crippen molar-refractivity contribution in [1.82, 2.24) is 4.90 Å². The van der Waals surface area contributed by atoms with Gasteiger partial charge in [0.05, 0.1) is 12.4 Å². The third-order valence-corrected chi connectivity index (χ3v) is 5.70. The van der Waals surface area contributed by atoms with Crippen molar-refractivity contribution in [1.29, 1.82) is 0 Å². The predicted octanol–water partition coefficient (Wildman–Crippen LogP) is 4.49. The van der Waals surface area contributed by atoms with Gasteiger partial charge in [0, 0.05) is 28.9 Å². The Balaban J connectivity index is 2.24. The van der Waals surface area contributed by atoms with E-state index in [9.17, 15) is 9.90 Å². The second-order valence-electron chi connectivity index (χ2n) is 5.94. The number of hydrogen-bond donors (Lipinski definition) is 1. The first-order chi connectivity index (χ1) is 11.4. The number of aliphatic carboxylic acids is 1. The molecule has 6 heteroatoms. The summed E-state index contributed by atoms with van der Waals surface area (Å²) in [6.07, 6.45) is 2.95. The molecule has 0 bridgehead atoms. The number of carboxylic acids is 1. The molecule has 1 fully saturated rings. The summed E-state index contributed by atoms with van der Waals surface area (Å²) in [4.78, 5) is 14.2. The van der Waals surface area contributed by atoms with E-state index in [1.54, 1.807) is 12.1 Å². The second kappa shape index (κ2) is 8.88. The molecule has 1 aromatic carbocycles. The fourth-order valence-corrected chi connectivity index (χ4v) is 3.89. The van der Waals surface area contributed by atoms with Gasteiger partial charge in [-0.25, -0.2) is 0 Å². The summed E-state index contributed by atoms with van der Waals surface area (Å²) in [7, 11) is 0. The number of benzene rings is 1. The van der Waals surface area contributed by atoms with Crippen LogP contribution in [0.25, 0.3) is 0 Å². The minimum Gasteiger partial charge on any atom is -0.499 e. The van der Waals surface area contributed by atoms with Gasteiger partial charge in [-0.2, -0.15) is 0 Å². The van der Waals surface area contributed by atoms with Crippen LogP contribution in [0.5, 0.6) is 0 Å². The maximum Gasteiger partial charge on any atom is 0.325 e. The Morgan fingerprint density at radius 3 is 2.88 bits per heavy atom. The lowest BCUT2D eigenvalue weighted by Gasteiger charge is -2.38. The van der Waals surface area contributed by atoms with Crippen LogP contribution in [0.1, 0.15) is 31.9 Å². The standard InChI is InChI=1S/C18H23BrClNO3/c1-3-24-12(2)10-13-11-21(9-8-15(13)19)17(18(22)23)14-6-4-5-7-16(14)20/h4-7,10,13,15,17H,3,8-9,11H2,1-2H3,(H,22,23)/b12-10+. The number of carboxylic acid groups (broad SMARTS) is 1. The molecular weight excluding hydrogens is 394 g/mol. The molecule has 0 spiro atoms. The molecular formula is C18H23BrClNO3. The van der Waals surface area contributed by atoms with Gasteiger partial charge in [-0.15, -0.1) is 0 Å². The monoisotopic (exact) mass is 415 g/mol. The van der Waals surface area contributed by atoms with Gasteiger partial charge in [-0.3, -0.25) is 9.69 Å². The number of allylic oxidation sites excluding steroid dienone is 1. The average Bonchev–Trinajstić information content (AvgIpc) is 2.52. The van der Waals surface area contributed by atoms with Crippen molar-refractivity contribution >= 4 is 33.5 Å². The molecule has 0 saturated carbocycles. The summed E-state index contributed by atoms with van der Waals surface area (Å²) in [6, 6.07) is 6.43. The molecule has 0 amide bonds. The molecule has 3 atom stereocenters. The lowest BCUT2D eigenvalue weighted by atomic mass is 9.94. The van der Waals surface area contributed by atoms with Crippen LogP contribution in [0.15, 0.2) is 36.1 Å². The molecule has 132 valence electrons. The molecule has 1 aliphatic rings. The Morgan fingerprint density at radius 1 is 1.54 bits per heavy atom. The SMILES string of the molecule is CCO/C(C)=C/C1CN(C(C(=O)O)c2ccccc2Cl)CCC1Br. The Hall–Kier alpha value is -1.04. The fourth-order valence-electron chi connectivity index (χ4n) is 3.13. The molecule has 0 aliphatic carbocycles. The van der Waals surface area contributed by atoms with Crippen LogP contribution < -0.4 is 0 Å². The van der Waals surface area contributed by atoms with E-state index in [0.29, 0.717) is 35.1 Å². The average molecular weight is 417 g/mol. The van der Waals surface area contributed by atoms with Crippen molar-refractivity contribution in [3.8, 4) is 0 Å². The molecule has 1 aliphatic heterocycles. The minimum atomic E-state index is -0.875. The fraction of sp³-hybridized carbons (Fsp3) is 0.500. The van der Waals surface area contributed by atoms with Crippen molar-refractivity contribution in [2.75, 3.05) is 19.7 Å². The number of carbonyl (C=O) groups is 1. The van der Waals surface area contributed by atoms with Crippen LogP contribution in [0.2, 0.25) is 5.02 Å².